The van der Waals surface area contributed by atoms with Crippen molar-refractivity contribution in [3.8, 4) is 0 Å². The average Bonchev–Trinajstić information content (AvgIpc) is 2.32. The van der Waals surface area contributed by atoms with Gasteiger partial charge in [0.15, 0.2) is 6.16 Å². The quantitative estimate of drug-likeness (QED) is 0.473. The first-order valence-electron chi connectivity index (χ1n) is 6.24. The molecular weight excluding hydrogens is 239 g/mol. The van der Waals surface area contributed by atoms with Crippen LogP contribution in [0.1, 0.15) is 40.5 Å². The standard InChI is InChI=1S/C12H24O4P/c1-5-7-15-11(4)17(14)9-10(3)12(13)16-8-6-2/h10-11H,5-9H2,1-4H3/q+1. The SMILES string of the molecule is CCCOC(=O)C(C)C[P+](=O)C(C)OCCC. The number of carbonyl (C=O) groups excluding carboxylic acids is 1. The minimum absolute atomic E-state index is 0.266. The molecule has 100 valence electrons. The number of hydrogen-bond donors (Lipinski definition) is 0. The molecule has 4 nitrogen and oxygen atoms in total. The highest BCUT2D eigenvalue weighted by molar-refractivity contribution is 7.45. The lowest BCUT2D eigenvalue weighted by molar-refractivity contribution is -0.147. The van der Waals surface area contributed by atoms with Crippen molar-refractivity contribution in [3.05, 3.63) is 0 Å². The van der Waals surface area contributed by atoms with E-state index in [2.05, 4.69) is 0 Å². The van der Waals surface area contributed by atoms with Crippen LogP contribution in [0.2, 0.25) is 0 Å². The molecule has 3 unspecified atom stereocenters. The number of hydrogen-bond acceptors (Lipinski definition) is 4. The van der Waals surface area contributed by atoms with Crippen molar-refractivity contribution in [1.29, 1.82) is 0 Å². The number of esters is 1. The third kappa shape index (κ3) is 7.45. The summed E-state index contributed by atoms with van der Waals surface area (Å²) in [6, 6.07) is 0. The van der Waals surface area contributed by atoms with Gasteiger partial charge in [-0.25, -0.2) is 0 Å². The van der Waals surface area contributed by atoms with Crippen molar-refractivity contribution in [3.63, 3.8) is 0 Å². The summed E-state index contributed by atoms with van der Waals surface area (Å²) in [7, 11) is -1.51. The topological polar surface area (TPSA) is 52.6 Å². The smallest absolute Gasteiger partial charge is 0.370 e. The third-order valence-corrected chi connectivity index (χ3v) is 4.14. The summed E-state index contributed by atoms with van der Waals surface area (Å²) in [6.07, 6.45) is 2.05. The Kier molecular flexibility index (Phi) is 9.28. The van der Waals surface area contributed by atoms with Crippen molar-refractivity contribution in [2.24, 2.45) is 5.92 Å². The van der Waals surface area contributed by atoms with E-state index in [4.69, 9.17) is 9.47 Å². The van der Waals surface area contributed by atoms with E-state index in [1.165, 1.54) is 0 Å². The molecule has 0 bridgehead atoms. The lowest BCUT2D eigenvalue weighted by atomic mass is 10.2. The summed E-state index contributed by atoms with van der Waals surface area (Å²) in [6.45, 7) is 8.53. The monoisotopic (exact) mass is 263 g/mol. The minimum atomic E-state index is -1.51. The molecule has 0 radical (unpaired) electrons. The zero-order valence-electron chi connectivity index (χ0n) is 11.3. The van der Waals surface area contributed by atoms with Gasteiger partial charge in [0, 0.05) is 6.92 Å². The Labute approximate surface area is 105 Å². The molecule has 0 aliphatic rings. The molecule has 0 N–H and O–H groups in total. The maximum absolute atomic E-state index is 11.9. The van der Waals surface area contributed by atoms with Gasteiger partial charge < -0.3 is 9.47 Å². The molecule has 0 aliphatic heterocycles. The van der Waals surface area contributed by atoms with Gasteiger partial charge in [0.2, 0.25) is 0 Å². The summed E-state index contributed by atoms with van der Waals surface area (Å²) in [5.41, 5.74) is 0. The van der Waals surface area contributed by atoms with Crippen LogP contribution >= 0.6 is 7.80 Å². The summed E-state index contributed by atoms with van der Waals surface area (Å²) < 4.78 is 22.2. The van der Waals surface area contributed by atoms with E-state index in [9.17, 15) is 9.36 Å². The highest BCUT2D eigenvalue weighted by Gasteiger charge is 2.31. The van der Waals surface area contributed by atoms with Gasteiger partial charge in [-0.3, -0.25) is 4.79 Å². The molecular formula is C12H24O4P+. The van der Waals surface area contributed by atoms with Gasteiger partial charge in [0.25, 0.3) is 5.85 Å². The molecule has 0 aliphatic carbocycles. The van der Waals surface area contributed by atoms with Crippen molar-refractivity contribution < 1.29 is 18.8 Å². The van der Waals surface area contributed by atoms with E-state index in [1.807, 2.05) is 13.8 Å². The second kappa shape index (κ2) is 9.55. The van der Waals surface area contributed by atoms with E-state index >= 15 is 0 Å². The fourth-order valence-electron chi connectivity index (χ4n) is 1.21. The number of rotatable bonds is 9. The van der Waals surface area contributed by atoms with E-state index in [1.54, 1.807) is 13.8 Å². The van der Waals surface area contributed by atoms with Gasteiger partial charge in [-0.1, -0.05) is 18.4 Å². The Balaban J connectivity index is 3.97. The van der Waals surface area contributed by atoms with Crippen LogP contribution in [0.25, 0.3) is 0 Å². The van der Waals surface area contributed by atoms with Crippen LogP contribution in [0.15, 0.2) is 0 Å². The highest BCUT2D eigenvalue weighted by Crippen LogP contribution is 2.31. The molecule has 0 aromatic rings. The Morgan fingerprint density at radius 2 is 1.76 bits per heavy atom. The molecule has 0 aromatic carbocycles. The molecule has 3 atom stereocenters. The first-order chi connectivity index (χ1) is 8.02. The van der Waals surface area contributed by atoms with E-state index < -0.39 is 7.80 Å². The van der Waals surface area contributed by atoms with Crippen LogP contribution in [-0.4, -0.2) is 31.2 Å². The Bertz CT molecular complexity index is 243. The molecule has 0 rings (SSSR count). The predicted molar refractivity (Wildman–Crippen MR) is 68.6 cm³/mol. The Morgan fingerprint density at radius 1 is 1.18 bits per heavy atom. The predicted octanol–water partition coefficient (Wildman–Crippen LogP) is 3.18. The van der Waals surface area contributed by atoms with Gasteiger partial charge >= 0.3 is 13.8 Å². The summed E-state index contributed by atoms with van der Waals surface area (Å²) in [5, 5.41) is 0. The zero-order chi connectivity index (χ0) is 13.3. The second-order valence-electron chi connectivity index (χ2n) is 4.14. The molecule has 5 heteroatoms. The maximum atomic E-state index is 11.9. The van der Waals surface area contributed by atoms with Crippen molar-refractivity contribution >= 4 is 13.8 Å². The highest BCUT2D eigenvalue weighted by atomic mass is 31.1. The third-order valence-electron chi connectivity index (χ3n) is 2.27. The van der Waals surface area contributed by atoms with Crippen LogP contribution < -0.4 is 0 Å². The summed E-state index contributed by atoms with van der Waals surface area (Å²) >= 11 is 0. The minimum Gasteiger partial charge on any atom is -0.465 e. The number of ether oxygens (including phenoxy) is 2. The van der Waals surface area contributed by atoms with E-state index in [0.29, 0.717) is 19.4 Å². The van der Waals surface area contributed by atoms with Gasteiger partial charge in [0.1, 0.15) is 0 Å². The van der Waals surface area contributed by atoms with Crippen LogP contribution in [0.5, 0.6) is 0 Å². The van der Waals surface area contributed by atoms with Crippen LogP contribution in [-0.2, 0) is 18.8 Å². The lowest BCUT2D eigenvalue weighted by Crippen LogP contribution is -2.19. The summed E-state index contributed by atoms with van der Waals surface area (Å²) in [4.78, 5) is 11.5. The molecule has 17 heavy (non-hydrogen) atoms. The van der Waals surface area contributed by atoms with Gasteiger partial charge in [0.05, 0.1) is 19.1 Å². The van der Waals surface area contributed by atoms with Crippen LogP contribution in [0.4, 0.5) is 0 Å². The molecule has 0 saturated heterocycles. The van der Waals surface area contributed by atoms with E-state index in [0.717, 1.165) is 12.8 Å². The zero-order valence-corrected chi connectivity index (χ0v) is 12.2. The molecule has 0 heterocycles. The molecule has 0 fully saturated rings. The van der Waals surface area contributed by atoms with Crippen LogP contribution in [0, 0.1) is 5.92 Å². The molecule has 0 saturated carbocycles. The first-order valence-corrected chi connectivity index (χ1v) is 7.76. The molecule has 0 amide bonds. The van der Waals surface area contributed by atoms with Crippen molar-refractivity contribution in [2.45, 2.75) is 46.4 Å². The van der Waals surface area contributed by atoms with Gasteiger partial charge in [-0.2, -0.15) is 0 Å². The Morgan fingerprint density at radius 3 is 2.29 bits per heavy atom. The largest absolute Gasteiger partial charge is 0.465 e. The fourth-order valence-corrected chi connectivity index (χ4v) is 2.47. The maximum Gasteiger partial charge on any atom is 0.370 e. The van der Waals surface area contributed by atoms with Crippen molar-refractivity contribution in [1.82, 2.24) is 0 Å². The lowest BCUT2D eigenvalue weighted by Gasteiger charge is -2.08. The number of carbonyl (C=O) groups is 1. The first kappa shape index (κ1) is 16.5. The van der Waals surface area contributed by atoms with Gasteiger partial charge in [-0.15, -0.1) is 0 Å². The van der Waals surface area contributed by atoms with Crippen LogP contribution in [0.3, 0.4) is 0 Å². The molecule has 0 aromatic heterocycles. The summed E-state index contributed by atoms with van der Waals surface area (Å²) in [5.74, 6) is -0.873. The normalized spacial score (nSPS) is 15.2. The Hall–Kier alpha value is -0.470. The fraction of sp³-hybridized carbons (Fsp3) is 0.917. The molecule has 0 spiro atoms. The van der Waals surface area contributed by atoms with E-state index in [-0.39, 0.29) is 17.7 Å². The van der Waals surface area contributed by atoms with Crippen molar-refractivity contribution in [2.75, 3.05) is 19.4 Å². The average molecular weight is 263 g/mol. The second-order valence-corrected chi connectivity index (χ2v) is 6.06. The van der Waals surface area contributed by atoms with Gasteiger partial charge in [-0.05, 0) is 19.8 Å².